The van der Waals surface area contributed by atoms with Crippen molar-refractivity contribution in [1.82, 2.24) is 0 Å². The fourth-order valence-corrected chi connectivity index (χ4v) is 1.91. The van der Waals surface area contributed by atoms with Crippen molar-refractivity contribution in [2.45, 2.75) is 59.3 Å². The van der Waals surface area contributed by atoms with Crippen LogP contribution in [-0.4, -0.2) is 0 Å². The van der Waals surface area contributed by atoms with Gasteiger partial charge in [0.1, 0.15) is 0 Å². The normalized spacial score (nSPS) is 21.2. The smallest absolute Gasteiger partial charge is 0.0163 e. The third kappa shape index (κ3) is 3.00. The first kappa shape index (κ1) is 9.83. The number of allylic oxidation sites excluding steroid dienone is 2. The zero-order chi connectivity index (χ0) is 8.97. The van der Waals surface area contributed by atoms with Crippen molar-refractivity contribution in [3.8, 4) is 0 Å². The van der Waals surface area contributed by atoms with Gasteiger partial charge in [0.2, 0.25) is 0 Å². The molecule has 1 fully saturated rings. The minimum atomic E-state index is 0.992. The van der Waals surface area contributed by atoms with Gasteiger partial charge in [-0.2, -0.15) is 0 Å². The van der Waals surface area contributed by atoms with Gasteiger partial charge in [0.25, 0.3) is 0 Å². The van der Waals surface area contributed by atoms with Crippen molar-refractivity contribution in [2.75, 3.05) is 0 Å². The third-order valence-electron chi connectivity index (χ3n) is 2.85. The third-order valence-corrected chi connectivity index (χ3v) is 2.85. The van der Waals surface area contributed by atoms with E-state index in [1.165, 1.54) is 38.5 Å². The molecule has 1 aliphatic rings. The lowest BCUT2D eigenvalue weighted by Crippen LogP contribution is -1.79. The molecule has 0 nitrogen and oxygen atoms in total. The maximum Gasteiger partial charge on any atom is -0.0163 e. The van der Waals surface area contributed by atoms with Crippen molar-refractivity contribution < 1.29 is 0 Å². The van der Waals surface area contributed by atoms with Gasteiger partial charge in [-0.1, -0.05) is 43.8 Å². The van der Waals surface area contributed by atoms with Gasteiger partial charge in [-0.15, -0.1) is 0 Å². The lowest BCUT2D eigenvalue weighted by molar-refractivity contribution is 0.605. The molecule has 0 aliphatic heterocycles. The molecule has 0 N–H and O–H groups in total. The highest BCUT2D eigenvalue weighted by molar-refractivity contribution is 5.27. The fraction of sp³-hybridized carbons (Fsp3) is 0.833. The zero-order valence-corrected chi connectivity index (χ0v) is 8.82. The van der Waals surface area contributed by atoms with Crippen LogP contribution in [-0.2, 0) is 0 Å². The van der Waals surface area contributed by atoms with Gasteiger partial charge >= 0.3 is 0 Å². The van der Waals surface area contributed by atoms with E-state index < -0.39 is 0 Å². The predicted octanol–water partition coefficient (Wildman–Crippen LogP) is 4.31. The summed E-state index contributed by atoms with van der Waals surface area (Å²) < 4.78 is 0. The molecule has 0 bridgehead atoms. The average Bonchev–Trinajstić information content (AvgIpc) is 2.77. The van der Waals surface area contributed by atoms with Gasteiger partial charge < -0.3 is 0 Å². The van der Waals surface area contributed by atoms with Crippen molar-refractivity contribution in [3.05, 3.63) is 11.1 Å². The summed E-state index contributed by atoms with van der Waals surface area (Å²) >= 11 is 0. The predicted molar refractivity (Wildman–Crippen MR) is 55.2 cm³/mol. The Morgan fingerprint density at radius 1 is 1.25 bits per heavy atom. The van der Waals surface area contributed by atoms with Crippen molar-refractivity contribution in [3.63, 3.8) is 0 Å². The SMILES string of the molecule is CCCCCCC1CC1=C(C)C. The van der Waals surface area contributed by atoms with Crippen LogP contribution in [0.25, 0.3) is 0 Å². The summed E-state index contributed by atoms with van der Waals surface area (Å²) in [4.78, 5) is 0. The maximum atomic E-state index is 2.28. The van der Waals surface area contributed by atoms with E-state index in [0.717, 1.165) is 5.92 Å². The molecule has 1 saturated carbocycles. The molecular weight excluding hydrogens is 144 g/mol. The minimum Gasteiger partial charge on any atom is -0.0769 e. The molecule has 1 atom stereocenters. The van der Waals surface area contributed by atoms with Crippen LogP contribution in [0.2, 0.25) is 0 Å². The van der Waals surface area contributed by atoms with Crippen molar-refractivity contribution >= 4 is 0 Å². The lowest BCUT2D eigenvalue weighted by Gasteiger charge is -1.96. The monoisotopic (exact) mass is 166 g/mol. The first-order chi connectivity index (χ1) is 5.75. The Labute approximate surface area is 77.1 Å². The summed E-state index contributed by atoms with van der Waals surface area (Å²) in [7, 11) is 0. The summed E-state index contributed by atoms with van der Waals surface area (Å²) in [6.07, 6.45) is 8.56. The molecule has 0 spiro atoms. The highest BCUT2D eigenvalue weighted by atomic mass is 14.3. The summed E-state index contributed by atoms with van der Waals surface area (Å²) in [6, 6.07) is 0. The van der Waals surface area contributed by atoms with E-state index in [9.17, 15) is 0 Å². The van der Waals surface area contributed by atoms with Crippen LogP contribution in [0, 0.1) is 5.92 Å². The molecule has 0 saturated heterocycles. The second kappa shape index (κ2) is 4.69. The van der Waals surface area contributed by atoms with E-state index in [1.807, 2.05) is 0 Å². The summed E-state index contributed by atoms with van der Waals surface area (Å²) in [5.41, 5.74) is 3.34. The van der Waals surface area contributed by atoms with Crippen LogP contribution in [0.5, 0.6) is 0 Å². The number of hydrogen-bond donors (Lipinski definition) is 0. The van der Waals surface area contributed by atoms with Gasteiger partial charge in [-0.05, 0) is 32.6 Å². The largest absolute Gasteiger partial charge is 0.0769 e. The maximum absolute atomic E-state index is 2.28. The molecule has 0 aromatic rings. The van der Waals surface area contributed by atoms with Crippen LogP contribution in [0.4, 0.5) is 0 Å². The molecule has 0 heteroatoms. The highest BCUT2D eigenvalue weighted by Gasteiger charge is 2.29. The Kier molecular flexibility index (Phi) is 3.84. The average molecular weight is 166 g/mol. The fourth-order valence-electron chi connectivity index (χ4n) is 1.91. The van der Waals surface area contributed by atoms with Gasteiger partial charge in [0.05, 0.1) is 0 Å². The number of rotatable bonds is 5. The second-order valence-electron chi connectivity index (χ2n) is 4.28. The molecule has 0 radical (unpaired) electrons. The van der Waals surface area contributed by atoms with E-state index in [2.05, 4.69) is 20.8 Å². The molecule has 1 aliphatic carbocycles. The summed E-state index contributed by atoms with van der Waals surface area (Å²) in [5, 5.41) is 0. The van der Waals surface area contributed by atoms with Gasteiger partial charge in [0.15, 0.2) is 0 Å². The quantitative estimate of drug-likeness (QED) is 0.421. The zero-order valence-electron chi connectivity index (χ0n) is 8.82. The van der Waals surface area contributed by atoms with E-state index in [1.54, 1.807) is 11.1 Å². The van der Waals surface area contributed by atoms with Crippen LogP contribution >= 0.6 is 0 Å². The Hall–Kier alpha value is -0.260. The molecule has 1 unspecified atom stereocenters. The van der Waals surface area contributed by atoms with E-state index in [-0.39, 0.29) is 0 Å². The number of unbranched alkanes of at least 4 members (excludes halogenated alkanes) is 3. The standard InChI is InChI=1S/C12H22/c1-4-5-6-7-8-11-9-12(11)10(2)3/h11H,4-9H2,1-3H3. The molecule has 0 amide bonds. The van der Waals surface area contributed by atoms with Crippen molar-refractivity contribution in [1.29, 1.82) is 0 Å². The molecule has 12 heavy (non-hydrogen) atoms. The van der Waals surface area contributed by atoms with Crippen LogP contribution in [0.1, 0.15) is 59.3 Å². The topological polar surface area (TPSA) is 0 Å². The molecule has 0 aromatic heterocycles. The first-order valence-electron chi connectivity index (χ1n) is 5.42. The molecule has 1 rings (SSSR count). The molecular formula is C12H22. The van der Waals surface area contributed by atoms with Gasteiger partial charge in [-0.3, -0.25) is 0 Å². The minimum absolute atomic E-state index is 0.992. The highest BCUT2D eigenvalue weighted by Crippen LogP contribution is 2.43. The van der Waals surface area contributed by atoms with E-state index in [0.29, 0.717) is 0 Å². The van der Waals surface area contributed by atoms with Crippen LogP contribution in [0.3, 0.4) is 0 Å². The Morgan fingerprint density at radius 2 is 2.00 bits per heavy atom. The Morgan fingerprint density at radius 3 is 2.50 bits per heavy atom. The van der Waals surface area contributed by atoms with Gasteiger partial charge in [0, 0.05) is 0 Å². The second-order valence-corrected chi connectivity index (χ2v) is 4.28. The lowest BCUT2D eigenvalue weighted by atomic mass is 10.1. The number of hydrogen-bond acceptors (Lipinski definition) is 0. The van der Waals surface area contributed by atoms with Crippen LogP contribution in [0.15, 0.2) is 11.1 Å². The van der Waals surface area contributed by atoms with E-state index >= 15 is 0 Å². The Bertz CT molecular complexity index is 161. The van der Waals surface area contributed by atoms with Crippen LogP contribution < -0.4 is 0 Å². The first-order valence-corrected chi connectivity index (χ1v) is 5.42. The van der Waals surface area contributed by atoms with E-state index in [4.69, 9.17) is 0 Å². The summed E-state index contributed by atoms with van der Waals surface area (Å²) in [5.74, 6) is 0.992. The molecule has 0 heterocycles. The van der Waals surface area contributed by atoms with Gasteiger partial charge in [-0.25, -0.2) is 0 Å². The van der Waals surface area contributed by atoms with Crippen molar-refractivity contribution in [2.24, 2.45) is 5.92 Å². The summed E-state index contributed by atoms with van der Waals surface area (Å²) in [6.45, 7) is 6.78. The molecule has 0 aromatic carbocycles. The molecule has 70 valence electrons. The Balaban J connectivity index is 2.01.